The van der Waals surface area contributed by atoms with Crippen molar-refractivity contribution in [2.24, 2.45) is 5.41 Å². The predicted octanol–water partition coefficient (Wildman–Crippen LogP) is 2.52. The Labute approximate surface area is 135 Å². The molecule has 0 radical (unpaired) electrons. The lowest BCUT2D eigenvalue weighted by atomic mass is 10.1. The smallest absolute Gasteiger partial charge is 0.407 e. The highest BCUT2D eigenvalue weighted by Crippen LogP contribution is 2.44. The average Bonchev–Trinajstić information content (AvgIpc) is 3.25. The summed E-state index contributed by atoms with van der Waals surface area (Å²) < 4.78 is 5.32. The zero-order valence-electron chi connectivity index (χ0n) is 12.8. The Kier molecular flexibility index (Phi) is 5.29. The van der Waals surface area contributed by atoms with Gasteiger partial charge in [-0.2, -0.15) is 0 Å². The van der Waals surface area contributed by atoms with Crippen molar-refractivity contribution in [2.75, 3.05) is 13.6 Å². The number of rotatable bonds is 6. The molecule has 2 amide bonds. The van der Waals surface area contributed by atoms with E-state index in [0.29, 0.717) is 18.0 Å². The molecule has 1 aliphatic rings. The van der Waals surface area contributed by atoms with Crippen molar-refractivity contribution in [3.63, 3.8) is 0 Å². The topological polar surface area (TPSA) is 67.4 Å². The van der Waals surface area contributed by atoms with Crippen LogP contribution in [0, 0.1) is 5.41 Å². The van der Waals surface area contributed by atoms with E-state index >= 15 is 0 Å². The Morgan fingerprint density at radius 3 is 2.50 bits per heavy atom. The van der Waals surface area contributed by atoms with Crippen LogP contribution in [0.25, 0.3) is 0 Å². The molecule has 1 unspecified atom stereocenters. The first-order chi connectivity index (χ1) is 10.4. The molecular formula is C16H21ClN2O3. The molecule has 120 valence electrons. The highest BCUT2D eigenvalue weighted by atomic mass is 35.5. The first kappa shape index (κ1) is 16.6. The summed E-state index contributed by atoms with van der Waals surface area (Å²) in [4.78, 5) is 23.5. The number of carbonyl (C=O) groups is 2. The lowest BCUT2D eigenvalue weighted by molar-refractivity contribution is -0.126. The van der Waals surface area contributed by atoms with Gasteiger partial charge in [0.2, 0.25) is 5.91 Å². The maximum absolute atomic E-state index is 12.0. The van der Waals surface area contributed by atoms with Crippen LogP contribution in [-0.4, -0.2) is 31.7 Å². The second-order valence-corrected chi connectivity index (χ2v) is 6.32. The van der Waals surface area contributed by atoms with Crippen LogP contribution in [0.2, 0.25) is 5.02 Å². The van der Waals surface area contributed by atoms with Gasteiger partial charge in [0.1, 0.15) is 6.10 Å². The maximum atomic E-state index is 12.0. The Bertz CT molecular complexity index is 541. The first-order valence-electron chi connectivity index (χ1n) is 7.34. The van der Waals surface area contributed by atoms with Crippen molar-refractivity contribution in [3.8, 4) is 0 Å². The Morgan fingerprint density at radius 2 is 1.95 bits per heavy atom. The Morgan fingerprint density at radius 1 is 1.32 bits per heavy atom. The van der Waals surface area contributed by atoms with E-state index in [-0.39, 0.29) is 11.3 Å². The maximum Gasteiger partial charge on any atom is 0.407 e. The van der Waals surface area contributed by atoms with Gasteiger partial charge < -0.3 is 15.4 Å². The number of halogens is 1. The van der Waals surface area contributed by atoms with Crippen LogP contribution in [-0.2, 0) is 16.0 Å². The molecule has 1 aromatic carbocycles. The largest absolute Gasteiger partial charge is 0.444 e. The molecule has 1 aliphatic carbocycles. The van der Waals surface area contributed by atoms with Gasteiger partial charge in [-0.15, -0.1) is 0 Å². The van der Waals surface area contributed by atoms with E-state index in [1.165, 1.54) is 7.05 Å². The molecule has 5 nitrogen and oxygen atoms in total. The number of hydrogen-bond acceptors (Lipinski definition) is 3. The molecule has 0 bridgehead atoms. The van der Waals surface area contributed by atoms with Gasteiger partial charge in [0, 0.05) is 23.9 Å². The van der Waals surface area contributed by atoms with E-state index in [9.17, 15) is 9.59 Å². The minimum atomic E-state index is -0.508. The van der Waals surface area contributed by atoms with Gasteiger partial charge >= 0.3 is 6.09 Å². The molecule has 1 aromatic rings. The van der Waals surface area contributed by atoms with E-state index in [2.05, 4.69) is 10.6 Å². The van der Waals surface area contributed by atoms with E-state index in [4.69, 9.17) is 16.3 Å². The van der Waals surface area contributed by atoms with E-state index in [1.54, 1.807) is 12.1 Å². The molecule has 1 atom stereocenters. The van der Waals surface area contributed by atoms with Crippen LogP contribution in [0.5, 0.6) is 0 Å². The van der Waals surface area contributed by atoms with Crippen molar-refractivity contribution in [2.45, 2.75) is 32.3 Å². The zero-order chi connectivity index (χ0) is 16.2. The van der Waals surface area contributed by atoms with Crippen molar-refractivity contribution in [1.82, 2.24) is 10.6 Å². The van der Waals surface area contributed by atoms with Crippen LogP contribution in [0.15, 0.2) is 24.3 Å². The molecule has 1 fully saturated rings. The molecule has 2 rings (SSSR count). The summed E-state index contributed by atoms with van der Waals surface area (Å²) in [5.41, 5.74) is 0.753. The van der Waals surface area contributed by atoms with Gasteiger partial charge in [-0.05, 0) is 30.5 Å². The Hall–Kier alpha value is -1.75. The molecule has 0 saturated heterocycles. The Balaban J connectivity index is 1.94. The van der Waals surface area contributed by atoms with Crippen molar-refractivity contribution in [3.05, 3.63) is 34.9 Å². The molecule has 0 aliphatic heterocycles. The second-order valence-electron chi connectivity index (χ2n) is 5.88. The molecule has 6 heteroatoms. The first-order valence-corrected chi connectivity index (χ1v) is 7.72. The van der Waals surface area contributed by atoms with Gasteiger partial charge in [-0.3, -0.25) is 4.79 Å². The summed E-state index contributed by atoms with van der Waals surface area (Å²) in [5.74, 6) is 0.0223. The van der Waals surface area contributed by atoms with Crippen molar-refractivity contribution in [1.29, 1.82) is 0 Å². The van der Waals surface area contributed by atoms with Gasteiger partial charge in [-0.1, -0.05) is 30.7 Å². The summed E-state index contributed by atoms with van der Waals surface area (Å²) in [7, 11) is 1.51. The number of nitrogens with one attached hydrogen (secondary N) is 2. The summed E-state index contributed by atoms with van der Waals surface area (Å²) >= 11 is 5.86. The number of benzene rings is 1. The summed E-state index contributed by atoms with van der Waals surface area (Å²) in [6, 6.07) is 7.34. The van der Waals surface area contributed by atoms with E-state index in [1.807, 2.05) is 19.1 Å². The highest BCUT2D eigenvalue weighted by Gasteiger charge is 2.44. The van der Waals surface area contributed by atoms with Gasteiger partial charge in [0.15, 0.2) is 0 Å². The fourth-order valence-electron chi connectivity index (χ4n) is 2.08. The number of alkyl carbamates (subject to hydrolysis) is 1. The number of ether oxygens (including phenoxy) is 1. The van der Waals surface area contributed by atoms with Gasteiger partial charge in [-0.25, -0.2) is 4.79 Å². The normalized spacial score (nSPS) is 16.5. The molecule has 0 heterocycles. The molecule has 0 spiro atoms. The van der Waals surface area contributed by atoms with Crippen LogP contribution < -0.4 is 10.6 Å². The minimum Gasteiger partial charge on any atom is -0.444 e. The molecule has 22 heavy (non-hydrogen) atoms. The third-order valence-electron chi connectivity index (χ3n) is 3.89. The third kappa shape index (κ3) is 4.63. The SMILES string of the molecule is CNC(=O)OC(CNC(=O)C1(C)CC1)Cc1ccc(Cl)cc1. The molecule has 1 saturated carbocycles. The lowest BCUT2D eigenvalue weighted by Gasteiger charge is -2.19. The molecule has 0 aromatic heterocycles. The third-order valence-corrected chi connectivity index (χ3v) is 4.14. The van der Waals surface area contributed by atoms with Crippen LogP contribution in [0.3, 0.4) is 0 Å². The fraction of sp³-hybridized carbons (Fsp3) is 0.500. The summed E-state index contributed by atoms with van der Waals surface area (Å²) in [5, 5.41) is 5.96. The molecular weight excluding hydrogens is 304 g/mol. The highest BCUT2D eigenvalue weighted by molar-refractivity contribution is 6.30. The predicted molar refractivity (Wildman–Crippen MR) is 84.8 cm³/mol. The lowest BCUT2D eigenvalue weighted by Crippen LogP contribution is -2.40. The fourth-order valence-corrected chi connectivity index (χ4v) is 2.21. The number of amides is 2. The van der Waals surface area contributed by atoms with Crippen molar-refractivity contribution < 1.29 is 14.3 Å². The van der Waals surface area contributed by atoms with Gasteiger partial charge in [0.05, 0.1) is 6.54 Å². The zero-order valence-corrected chi connectivity index (χ0v) is 13.6. The second kappa shape index (κ2) is 7.01. The number of hydrogen-bond donors (Lipinski definition) is 2. The van der Waals surface area contributed by atoms with Crippen LogP contribution in [0.1, 0.15) is 25.3 Å². The van der Waals surface area contributed by atoms with Crippen molar-refractivity contribution >= 4 is 23.6 Å². The quantitative estimate of drug-likeness (QED) is 0.845. The van der Waals surface area contributed by atoms with Crippen LogP contribution in [0.4, 0.5) is 4.79 Å². The van der Waals surface area contributed by atoms with Gasteiger partial charge in [0.25, 0.3) is 0 Å². The van der Waals surface area contributed by atoms with E-state index in [0.717, 1.165) is 18.4 Å². The average molecular weight is 325 g/mol. The number of carbonyl (C=O) groups excluding carboxylic acids is 2. The molecule has 2 N–H and O–H groups in total. The van der Waals surface area contributed by atoms with Crippen LogP contribution >= 0.6 is 11.6 Å². The standard InChI is InChI=1S/C16H21ClN2O3/c1-16(7-8-16)14(20)19-10-13(22-15(21)18-2)9-11-3-5-12(17)6-4-11/h3-6,13H,7-10H2,1-2H3,(H,18,21)(H,19,20). The van der Waals surface area contributed by atoms with E-state index < -0.39 is 12.2 Å². The monoisotopic (exact) mass is 324 g/mol. The minimum absolute atomic E-state index is 0.0223. The summed E-state index contributed by atoms with van der Waals surface area (Å²) in [6.45, 7) is 2.24. The summed E-state index contributed by atoms with van der Waals surface area (Å²) in [6.07, 6.45) is 1.41.